The fourth-order valence-corrected chi connectivity index (χ4v) is 5.26. The molecule has 31 heavy (non-hydrogen) atoms. The summed E-state index contributed by atoms with van der Waals surface area (Å²) >= 11 is 6.05. The van der Waals surface area contributed by atoms with Gasteiger partial charge in [-0.1, -0.05) is 18.5 Å². The van der Waals surface area contributed by atoms with E-state index in [2.05, 4.69) is 28.0 Å². The number of nitrogens with zero attached hydrogens (tertiary/aromatic N) is 5. The number of aromatic nitrogens is 4. The van der Waals surface area contributed by atoms with Crippen LogP contribution in [0.4, 0.5) is 10.5 Å². The SMILES string of the molecule is CC(Cn1cc(Cl)cn1)c1nc2c3c(ccc2n1[C@@H]1CCNC1)N(C(=O)O)[C@@H](C)CC3. The largest absolute Gasteiger partial charge is 0.465 e. The molecule has 0 aliphatic carbocycles. The zero-order chi connectivity index (χ0) is 21.7. The summed E-state index contributed by atoms with van der Waals surface area (Å²) in [6.07, 6.45) is 5.25. The maximum Gasteiger partial charge on any atom is 0.412 e. The standard InChI is InChI=1S/C22H27ClN6O2/c1-13(11-27-12-15(23)9-25-27)21-26-20-17-4-3-14(2)28(22(30)31)18(17)5-6-19(20)29(21)16-7-8-24-10-16/h5-6,9,12-14,16,24H,3-4,7-8,10-11H2,1-2H3,(H,30,31)/t13?,14-,16+/m0/s1. The Morgan fingerprint density at radius 1 is 1.39 bits per heavy atom. The summed E-state index contributed by atoms with van der Waals surface area (Å²) in [6, 6.07) is 4.31. The van der Waals surface area contributed by atoms with Crippen molar-refractivity contribution in [1.82, 2.24) is 24.6 Å². The number of carboxylic acid groups (broad SMARTS) is 1. The van der Waals surface area contributed by atoms with Crippen LogP contribution in [-0.4, -0.2) is 49.7 Å². The van der Waals surface area contributed by atoms with Crippen molar-refractivity contribution >= 4 is 34.4 Å². The van der Waals surface area contributed by atoms with Gasteiger partial charge in [0.05, 0.1) is 34.5 Å². The number of hydrogen-bond acceptors (Lipinski definition) is 4. The van der Waals surface area contributed by atoms with E-state index in [9.17, 15) is 9.90 Å². The Kier molecular flexibility index (Phi) is 5.14. The summed E-state index contributed by atoms with van der Waals surface area (Å²) in [4.78, 5) is 18.6. The quantitative estimate of drug-likeness (QED) is 0.636. The van der Waals surface area contributed by atoms with Gasteiger partial charge in [0.1, 0.15) is 5.82 Å². The monoisotopic (exact) mass is 442 g/mol. The van der Waals surface area contributed by atoms with Crippen LogP contribution in [0.1, 0.15) is 50.0 Å². The molecule has 1 saturated heterocycles. The van der Waals surface area contributed by atoms with Gasteiger partial charge in [-0.2, -0.15) is 5.10 Å². The highest BCUT2D eigenvalue weighted by atomic mass is 35.5. The molecule has 0 saturated carbocycles. The molecule has 1 unspecified atom stereocenters. The van der Waals surface area contributed by atoms with Crippen LogP contribution >= 0.6 is 11.6 Å². The topological polar surface area (TPSA) is 88.2 Å². The second-order valence-corrected chi connectivity index (χ2v) is 9.18. The molecule has 164 valence electrons. The van der Waals surface area contributed by atoms with E-state index in [1.807, 2.05) is 23.9 Å². The number of amides is 1. The zero-order valence-corrected chi connectivity index (χ0v) is 18.5. The summed E-state index contributed by atoms with van der Waals surface area (Å²) < 4.78 is 4.22. The molecule has 1 fully saturated rings. The van der Waals surface area contributed by atoms with Crippen molar-refractivity contribution in [2.24, 2.45) is 0 Å². The number of halogens is 1. The van der Waals surface area contributed by atoms with Gasteiger partial charge in [0, 0.05) is 36.3 Å². The molecule has 5 rings (SSSR count). The van der Waals surface area contributed by atoms with Crippen molar-refractivity contribution in [3.8, 4) is 0 Å². The number of imidazole rings is 1. The van der Waals surface area contributed by atoms with Crippen molar-refractivity contribution in [2.45, 2.75) is 57.7 Å². The first-order chi connectivity index (χ1) is 14.9. The van der Waals surface area contributed by atoms with Crippen molar-refractivity contribution < 1.29 is 9.90 Å². The molecule has 3 aromatic rings. The van der Waals surface area contributed by atoms with Crippen LogP contribution < -0.4 is 10.2 Å². The van der Waals surface area contributed by atoms with Crippen LogP contribution in [-0.2, 0) is 13.0 Å². The molecular formula is C22H27ClN6O2. The molecule has 9 heteroatoms. The number of benzene rings is 1. The normalized spacial score (nSPS) is 22.1. The predicted molar refractivity (Wildman–Crippen MR) is 120 cm³/mol. The minimum Gasteiger partial charge on any atom is -0.465 e. The average Bonchev–Trinajstić information content (AvgIpc) is 3.46. The van der Waals surface area contributed by atoms with E-state index in [4.69, 9.17) is 16.6 Å². The van der Waals surface area contributed by atoms with Crippen LogP contribution in [0.15, 0.2) is 24.5 Å². The summed E-state index contributed by atoms with van der Waals surface area (Å²) in [5.41, 5.74) is 3.83. The Balaban J connectivity index is 1.64. The Bertz CT molecular complexity index is 1130. The molecule has 1 aromatic carbocycles. The third kappa shape index (κ3) is 3.47. The molecule has 1 amide bonds. The van der Waals surface area contributed by atoms with Crippen molar-refractivity contribution in [3.63, 3.8) is 0 Å². The molecular weight excluding hydrogens is 416 g/mol. The smallest absolute Gasteiger partial charge is 0.412 e. The maximum absolute atomic E-state index is 11.9. The van der Waals surface area contributed by atoms with Crippen molar-refractivity contribution in [2.75, 3.05) is 18.0 Å². The fraction of sp³-hybridized carbons (Fsp3) is 0.500. The van der Waals surface area contributed by atoms with Crippen molar-refractivity contribution in [1.29, 1.82) is 0 Å². The molecule has 2 aliphatic heterocycles. The van der Waals surface area contributed by atoms with E-state index >= 15 is 0 Å². The van der Waals surface area contributed by atoms with Gasteiger partial charge in [-0.15, -0.1) is 0 Å². The lowest BCUT2D eigenvalue weighted by molar-refractivity contribution is 0.198. The summed E-state index contributed by atoms with van der Waals surface area (Å²) in [6.45, 7) is 6.70. The van der Waals surface area contributed by atoms with Crippen molar-refractivity contribution in [3.05, 3.63) is 40.9 Å². The third-order valence-corrected chi connectivity index (χ3v) is 6.79. The molecule has 4 heterocycles. The number of aryl methyl sites for hydroxylation is 1. The first-order valence-electron chi connectivity index (χ1n) is 10.9. The molecule has 8 nitrogen and oxygen atoms in total. The van der Waals surface area contributed by atoms with Crippen LogP contribution in [0, 0.1) is 0 Å². The van der Waals surface area contributed by atoms with Crippen LogP contribution in [0.2, 0.25) is 5.02 Å². The minimum absolute atomic E-state index is 0.0356. The second-order valence-electron chi connectivity index (χ2n) is 8.74. The highest BCUT2D eigenvalue weighted by molar-refractivity contribution is 6.30. The summed E-state index contributed by atoms with van der Waals surface area (Å²) in [7, 11) is 0. The van der Waals surface area contributed by atoms with E-state index in [1.54, 1.807) is 6.20 Å². The van der Waals surface area contributed by atoms with Gasteiger partial charge in [0.2, 0.25) is 0 Å². The number of hydrogen-bond donors (Lipinski definition) is 2. The Labute approximate surface area is 185 Å². The molecule has 2 N–H and O–H groups in total. The Morgan fingerprint density at radius 2 is 2.23 bits per heavy atom. The van der Waals surface area contributed by atoms with Gasteiger partial charge in [-0.25, -0.2) is 9.78 Å². The van der Waals surface area contributed by atoms with E-state index in [-0.39, 0.29) is 12.0 Å². The van der Waals surface area contributed by atoms with Gasteiger partial charge in [0.25, 0.3) is 0 Å². The van der Waals surface area contributed by atoms with Gasteiger partial charge < -0.3 is 15.0 Å². The van der Waals surface area contributed by atoms with Gasteiger partial charge in [0.15, 0.2) is 0 Å². The van der Waals surface area contributed by atoms with Crippen LogP contribution in [0.3, 0.4) is 0 Å². The zero-order valence-electron chi connectivity index (χ0n) is 17.8. The number of carbonyl (C=O) groups is 1. The van der Waals surface area contributed by atoms with Gasteiger partial charge in [-0.05, 0) is 44.9 Å². The number of rotatable bonds is 4. The van der Waals surface area contributed by atoms with Gasteiger partial charge >= 0.3 is 6.09 Å². The number of anilines is 1. The highest BCUT2D eigenvalue weighted by Crippen LogP contribution is 2.38. The highest BCUT2D eigenvalue weighted by Gasteiger charge is 2.32. The second kappa shape index (κ2) is 7.84. The first-order valence-corrected chi connectivity index (χ1v) is 11.3. The lowest BCUT2D eigenvalue weighted by Gasteiger charge is -2.33. The first kappa shape index (κ1) is 20.3. The molecule has 2 aliphatic rings. The molecule has 2 aromatic heterocycles. The summed E-state index contributed by atoms with van der Waals surface area (Å²) in [5.74, 6) is 1.14. The summed E-state index contributed by atoms with van der Waals surface area (Å²) in [5, 5.41) is 18.2. The number of nitrogens with one attached hydrogen (secondary N) is 1. The van der Waals surface area contributed by atoms with E-state index < -0.39 is 6.09 Å². The molecule has 3 atom stereocenters. The lowest BCUT2D eigenvalue weighted by Crippen LogP contribution is -2.41. The van der Waals surface area contributed by atoms with Gasteiger partial charge in [-0.3, -0.25) is 9.58 Å². The number of fused-ring (bicyclic) bond motifs is 3. The van der Waals surface area contributed by atoms with E-state index in [0.29, 0.717) is 17.6 Å². The van der Waals surface area contributed by atoms with E-state index in [0.717, 1.165) is 60.5 Å². The van der Waals surface area contributed by atoms with Crippen LogP contribution in [0.5, 0.6) is 0 Å². The van der Waals surface area contributed by atoms with E-state index in [1.165, 1.54) is 4.90 Å². The fourth-order valence-electron chi connectivity index (χ4n) is 5.10. The van der Waals surface area contributed by atoms with Crippen LogP contribution in [0.25, 0.3) is 11.0 Å². The maximum atomic E-state index is 11.9. The Hall–Kier alpha value is -2.58. The predicted octanol–water partition coefficient (Wildman–Crippen LogP) is 4.04. The molecule has 0 spiro atoms. The lowest BCUT2D eigenvalue weighted by atomic mass is 9.95. The molecule has 0 bridgehead atoms. The molecule has 0 radical (unpaired) electrons. The average molecular weight is 443 g/mol. The Morgan fingerprint density at radius 3 is 2.90 bits per heavy atom. The minimum atomic E-state index is -0.906. The third-order valence-electron chi connectivity index (χ3n) is 6.59.